The molecule has 9 heteroatoms. The van der Waals surface area contributed by atoms with E-state index in [1.165, 1.54) is 12.1 Å². The van der Waals surface area contributed by atoms with E-state index in [-0.39, 0.29) is 11.3 Å². The molecule has 1 saturated heterocycles. The van der Waals surface area contributed by atoms with Crippen molar-refractivity contribution in [3.05, 3.63) is 58.1 Å². The molecule has 3 rings (SSSR count). The molecule has 0 radical (unpaired) electrons. The Hall–Kier alpha value is -3.62. The van der Waals surface area contributed by atoms with E-state index in [1.54, 1.807) is 30.3 Å². The number of nitrogens with two attached hydrogens (primary N) is 1. The molecule has 2 aromatic carbocycles. The molecular formula is C20H23N5O4. The summed E-state index contributed by atoms with van der Waals surface area (Å²) in [5.74, 6) is 0.153. The van der Waals surface area contributed by atoms with Gasteiger partial charge in [0, 0.05) is 36.6 Å². The number of piperidine rings is 1. The quantitative estimate of drug-likeness (QED) is 0.524. The average Bonchev–Trinajstić information content (AvgIpc) is 2.68. The molecule has 3 amide bonds. The second kappa shape index (κ2) is 8.59. The number of nitrogens with zero attached hydrogens (tertiary/aromatic N) is 2. The van der Waals surface area contributed by atoms with Crippen LogP contribution in [0.2, 0.25) is 0 Å². The SMILES string of the molecule is CC1CCN(c2ccc([N+](=O)[O-])cc2C(=O)Nc2cccc(NC(N)=O)c2)CC1. The number of amides is 3. The lowest BCUT2D eigenvalue weighted by molar-refractivity contribution is -0.384. The van der Waals surface area contributed by atoms with Gasteiger partial charge in [0.2, 0.25) is 0 Å². The molecule has 1 heterocycles. The molecule has 0 aliphatic carbocycles. The van der Waals surface area contributed by atoms with Crippen molar-refractivity contribution in [3.8, 4) is 0 Å². The number of nitrogens with one attached hydrogen (secondary N) is 2. The fourth-order valence-corrected chi connectivity index (χ4v) is 3.36. The van der Waals surface area contributed by atoms with Gasteiger partial charge in [-0.05, 0) is 43.0 Å². The zero-order valence-corrected chi connectivity index (χ0v) is 16.1. The van der Waals surface area contributed by atoms with Crippen molar-refractivity contribution in [3.63, 3.8) is 0 Å². The Bertz CT molecular complexity index is 938. The van der Waals surface area contributed by atoms with Crippen molar-refractivity contribution >= 4 is 34.7 Å². The van der Waals surface area contributed by atoms with Gasteiger partial charge >= 0.3 is 6.03 Å². The smallest absolute Gasteiger partial charge is 0.316 e. The second-order valence-corrected chi connectivity index (χ2v) is 7.15. The van der Waals surface area contributed by atoms with Crippen molar-refractivity contribution in [2.24, 2.45) is 11.7 Å². The van der Waals surface area contributed by atoms with Gasteiger partial charge in [-0.15, -0.1) is 0 Å². The first-order valence-corrected chi connectivity index (χ1v) is 9.34. The van der Waals surface area contributed by atoms with Crippen LogP contribution in [0, 0.1) is 16.0 Å². The van der Waals surface area contributed by atoms with Crippen molar-refractivity contribution in [2.45, 2.75) is 19.8 Å². The number of benzene rings is 2. The van der Waals surface area contributed by atoms with Gasteiger partial charge in [-0.2, -0.15) is 0 Å². The molecule has 0 bridgehead atoms. The van der Waals surface area contributed by atoms with Crippen LogP contribution in [-0.2, 0) is 0 Å². The standard InChI is InChI=1S/C20H23N5O4/c1-13-7-9-24(10-8-13)18-6-5-16(25(28)29)12-17(18)19(26)22-14-3-2-4-15(11-14)23-20(21)27/h2-6,11-13H,7-10H2,1H3,(H,22,26)(H3,21,23,27). The van der Waals surface area contributed by atoms with Crippen LogP contribution in [0.25, 0.3) is 0 Å². The minimum Gasteiger partial charge on any atom is -0.371 e. The molecule has 0 atom stereocenters. The normalized spacial score (nSPS) is 14.3. The highest BCUT2D eigenvalue weighted by atomic mass is 16.6. The second-order valence-electron chi connectivity index (χ2n) is 7.15. The number of rotatable bonds is 5. The van der Waals surface area contributed by atoms with E-state index in [1.807, 2.05) is 0 Å². The van der Waals surface area contributed by atoms with Gasteiger partial charge in [0.1, 0.15) is 0 Å². The molecule has 0 unspecified atom stereocenters. The number of nitro benzene ring substituents is 1. The zero-order chi connectivity index (χ0) is 21.0. The highest BCUT2D eigenvalue weighted by Crippen LogP contribution is 2.30. The van der Waals surface area contributed by atoms with E-state index in [2.05, 4.69) is 22.5 Å². The number of primary amides is 1. The lowest BCUT2D eigenvalue weighted by Crippen LogP contribution is -2.34. The van der Waals surface area contributed by atoms with Gasteiger partial charge in [-0.3, -0.25) is 14.9 Å². The van der Waals surface area contributed by atoms with Crippen LogP contribution in [0.15, 0.2) is 42.5 Å². The summed E-state index contributed by atoms with van der Waals surface area (Å²) in [6, 6.07) is 10.1. The largest absolute Gasteiger partial charge is 0.371 e. The molecule has 0 aromatic heterocycles. The van der Waals surface area contributed by atoms with Gasteiger partial charge in [0.05, 0.1) is 16.2 Å². The zero-order valence-electron chi connectivity index (χ0n) is 16.1. The topological polar surface area (TPSA) is 131 Å². The minimum absolute atomic E-state index is 0.145. The summed E-state index contributed by atoms with van der Waals surface area (Å²) in [7, 11) is 0. The number of hydrogen-bond acceptors (Lipinski definition) is 5. The fourth-order valence-electron chi connectivity index (χ4n) is 3.36. The number of hydrogen-bond donors (Lipinski definition) is 3. The lowest BCUT2D eigenvalue weighted by atomic mass is 9.98. The summed E-state index contributed by atoms with van der Waals surface area (Å²) in [5.41, 5.74) is 6.75. The van der Waals surface area contributed by atoms with Gasteiger partial charge < -0.3 is 21.3 Å². The van der Waals surface area contributed by atoms with Crippen LogP contribution < -0.4 is 21.3 Å². The third-order valence-electron chi connectivity index (χ3n) is 4.95. The molecule has 4 N–H and O–H groups in total. The summed E-state index contributed by atoms with van der Waals surface area (Å²) < 4.78 is 0. The average molecular weight is 397 g/mol. The monoisotopic (exact) mass is 397 g/mol. The summed E-state index contributed by atoms with van der Waals surface area (Å²) in [6.45, 7) is 3.77. The Morgan fingerprint density at radius 3 is 2.38 bits per heavy atom. The first-order chi connectivity index (χ1) is 13.8. The third kappa shape index (κ3) is 5.01. The maximum atomic E-state index is 13.0. The molecule has 1 aliphatic rings. The van der Waals surface area contributed by atoms with Gasteiger partial charge in [0.15, 0.2) is 0 Å². The Morgan fingerprint density at radius 2 is 1.76 bits per heavy atom. The number of nitro groups is 1. The van der Waals surface area contributed by atoms with Crippen LogP contribution >= 0.6 is 0 Å². The Morgan fingerprint density at radius 1 is 1.10 bits per heavy atom. The van der Waals surface area contributed by atoms with Crippen molar-refractivity contribution in [2.75, 3.05) is 28.6 Å². The summed E-state index contributed by atoms with van der Waals surface area (Å²) in [5, 5.41) is 16.4. The molecule has 1 aliphatic heterocycles. The van der Waals surface area contributed by atoms with E-state index in [9.17, 15) is 19.7 Å². The number of carbonyl (C=O) groups is 2. The first-order valence-electron chi connectivity index (χ1n) is 9.34. The molecule has 2 aromatic rings. The van der Waals surface area contributed by atoms with Crippen LogP contribution in [-0.4, -0.2) is 30.0 Å². The summed E-state index contributed by atoms with van der Waals surface area (Å²) in [4.78, 5) is 36.8. The minimum atomic E-state index is -0.714. The lowest BCUT2D eigenvalue weighted by Gasteiger charge is -2.33. The first kappa shape index (κ1) is 20.1. The Balaban J connectivity index is 1.89. The Kier molecular flexibility index (Phi) is 5.96. The van der Waals surface area contributed by atoms with Crippen LogP contribution in [0.1, 0.15) is 30.1 Å². The molecule has 0 saturated carbocycles. The molecule has 1 fully saturated rings. The molecular weight excluding hydrogens is 374 g/mol. The molecule has 0 spiro atoms. The summed E-state index contributed by atoms with van der Waals surface area (Å²) >= 11 is 0. The van der Waals surface area contributed by atoms with Crippen molar-refractivity contribution < 1.29 is 14.5 Å². The van der Waals surface area contributed by atoms with Crippen LogP contribution in [0.3, 0.4) is 0 Å². The predicted molar refractivity (Wildman–Crippen MR) is 111 cm³/mol. The van der Waals surface area contributed by atoms with E-state index in [4.69, 9.17) is 5.73 Å². The molecule has 152 valence electrons. The van der Waals surface area contributed by atoms with E-state index in [0.717, 1.165) is 25.9 Å². The highest BCUT2D eigenvalue weighted by Gasteiger charge is 2.23. The Labute approximate surface area is 168 Å². The molecule has 29 heavy (non-hydrogen) atoms. The van der Waals surface area contributed by atoms with E-state index >= 15 is 0 Å². The van der Waals surface area contributed by atoms with Gasteiger partial charge in [-0.1, -0.05) is 13.0 Å². The molecule has 9 nitrogen and oxygen atoms in total. The van der Waals surface area contributed by atoms with Crippen LogP contribution in [0.5, 0.6) is 0 Å². The predicted octanol–water partition coefficient (Wildman–Crippen LogP) is 3.57. The number of non-ortho nitro benzene ring substituents is 1. The third-order valence-corrected chi connectivity index (χ3v) is 4.95. The summed E-state index contributed by atoms with van der Waals surface area (Å²) in [6.07, 6.45) is 2.00. The van der Waals surface area contributed by atoms with Crippen molar-refractivity contribution in [1.29, 1.82) is 0 Å². The van der Waals surface area contributed by atoms with Crippen LogP contribution in [0.4, 0.5) is 27.5 Å². The fraction of sp³-hybridized carbons (Fsp3) is 0.300. The number of anilines is 3. The van der Waals surface area contributed by atoms with Gasteiger partial charge in [0.25, 0.3) is 11.6 Å². The van der Waals surface area contributed by atoms with E-state index in [0.29, 0.717) is 23.0 Å². The number of urea groups is 1. The van der Waals surface area contributed by atoms with Crippen molar-refractivity contribution in [1.82, 2.24) is 0 Å². The number of carbonyl (C=O) groups excluding carboxylic acids is 2. The maximum absolute atomic E-state index is 13.0. The van der Waals surface area contributed by atoms with E-state index < -0.39 is 16.9 Å². The highest BCUT2D eigenvalue weighted by molar-refractivity contribution is 6.09. The maximum Gasteiger partial charge on any atom is 0.316 e. The van der Waals surface area contributed by atoms with Gasteiger partial charge in [-0.25, -0.2) is 4.79 Å².